The van der Waals surface area contributed by atoms with Gasteiger partial charge in [-0.1, -0.05) is 6.08 Å². The Morgan fingerprint density at radius 1 is 1.48 bits per heavy atom. The van der Waals surface area contributed by atoms with Crippen LogP contribution in [0.15, 0.2) is 50.2 Å². The smallest absolute Gasteiger partial charge is 0.266 e. The van der Waals surface area contributed by atoms with E-state index in [9.17, 15) is 4.79 Å². The van der Waals surface area contributed by atoms with Crippen molar-refractivity contribution in [3.8, 4) is 0 Å². The van der Waals surface area contributed by atoms with Crippen molar-refractivity contribution in [2.75, 3.05) is 6.54 Å². The number of amides is 1. The maximum atomic E-state index is 12.4. The summed E-state index contributed by atoms with van der Waals surface area (Å²) in [6, 6.07) is 3.68. The number of aliphatic imine (C=N–C) groups is 1. The van der Waals surface area contributed by atoms with E-state index in [1.807, 2.05) is 43.5 Å². The normalized spacial score (nSPS) is 18.9. The van der Waals surface area contributed by atoms with Crippen molar-refractivity contribution in [3.63, 3.8) is 0 Å². The first-order valence-electron chi connectivity index (χ1n) is 7.10. The third kappa shape index (κ3) is 3.62. The Labute approximate surface area is 142 Å². The van der Waals surface area contributed by atoms with Crippen LogP contribution in [0.25, 0.3) is 6.08 Å². The molecular formula is C16H15N3O2S2. The van der Waals surface area contributed by atoms with Gasteiger partial charge < -0.3 is 4.42 Å². The fourth-order valence-corrected chi connectivity index (χ4v) is 3.69. The van der Waals surface area contributed by atoms with Gasteiger partial charge in [-0.15, -0.1) is 11.3 Å². The van der Waals surface area contributed by atoms with Gasteiger partial charge >= 0.3 is 0 Å². The Hall–Kier alpha value is -2.12. The van der Waals surface area contributed by atoms with E-state index in [2.05, 4.69) is 9.98 Å². The summed E-state index contributed by atoms with van der Waals surface area (Å²) in [6.07, 6.45) is 7.02. The van der Waals surface area contributed by atoms with E-state index >= 15 is 0 Å². The zero-order chi connectivity index (χ0) is 16.2. The van der Waals surface area contributed by atoms with E-state index in [1.54, 1.807) is 17.2 Å². The predicted molar refractivity (Wildman–Crippen MR) is 94.7 cm³/mol. The highest BCUT2D eigenvalue weighted by molar-refractivity contribution is 8.18. The molecule has 1 amide bonds. The largest absolute Gasteiger partial charge is 0.465 e. The molecule has 5 nitrogen and oxygen atoms in total. The minimum Gasteiger partial charge on any atom is -0.465 e. The Kier molecular flexibility index (Phi) is 4.78. The van der Waals surface area contributed by atoms with Crippen LogP contribution >= 0.6 is 23.1 Å². The molecule has 0 spiro atoms. The Balaban J connectivity index is 1.81. The minimum absolute atomic E-state index is 0.0337. The number of carbonyl (C=O) groups is 1. The SMILES string of the molecule is CCN1C(=O)/C(=C\C=C\c2ccco2)S/C1=N/c1nc(C)cs1. The molecule has 1 aliphatic heterocycles. The number of furan rings is 1. The third-order valence-corrected chi connectivity index (χ3v) is 4.93. The van der Waals surface area contributed by atoms with Crippen LogP contribution in [0.1, 0.15) is 18.4 Å². The Bertz CT molecular complexity index is 788. The summed E-state index contributed by atoms with van der Waals surface area (Å²) in [4.78, 5) is 23.5. The van der Waals surface area contributed by atoms with Gasteiger partial charge in [0.15, 0.2) is 5.17 Å². The van der Waals surface area contributed by atoms with Crippen LogP contribution in [0.3, 0.4) is 0 Å². The molecule has 1 saturated heterocycles. The molecule has 2 aromatic heterocycles. The topological polar surface area (TPSA) is 58.7 Å². The monoisotopic (exact) mass is 345 g/mol. The zero-order valence-corrected chi connectivity index (χ0v) is 14.4. The van der Waals surface area contributed by atoms with Crippen molar-refractivity contribution >= 4 is 45.4 Å². The maximum absolute atomic E-state index is 12.4. The molecular weight excluding hydrogens is 330 g/mol. The minimum atomic E-state index is -0.0337. The van der Waals surface area contributed by atoms with Gasteiger partial charge in [0.1, 0.15) is 5.76 Å². The van der Waals surface area contributed by atoms with Gasteiger partial charge in [0.25, 0.3) is 5.91 Å². The first-order valence-corrected chi connectivity index (χ1v) is 8.79. The number of nitrogens with zero attached hydrogens (tertiary/aromatic N) is 3. The third-order valence-electron chi connectivity index (χ3n) is 3.05. The summed E-state index contributed by atoms with van der Waals surface area (Å²) in [7, 11) is 0. The molecule has 3 rings (SSSR count). The van der Waals surface area contributed by atoms with Crippen LogP contribution < -0.4 is 0 Å². The van der Waals surface area contributed by atoms with E-state index in [0.717, 1.165) is 11.5 Å². The molecule has 0 bridgehead atoms. The first-order chi connectivity index (χ1) is 11.2. The molecule has 0 aromatic carbocycles. The molecule has 0 saturated carbocycles. The highest BCUT2D eigenvalue weighted by Gasteiger charge is 2.32. The molecule has 7 heteroatoms. The molecule has 118 valence electrons. The lowest BCUT2D eigenvalue weighted by Crippen LogP contribution is -2.28. The fourth-order valence-electron chi connectivity index (χ4n) is 1.98. The number of aromatic nitrogens is 1. The number of hydrogen-bond acceptors (Lipinski definition) is 6. The van der Waals surface area contributed by atoms with E-state index in [1.165, 1.54) is 23.1 Å². The van der Waals surface area contributed by atoms with Crippen molar-refractivity contribution < 1.29 is 9.21 Å². The molecule has 1 fully saturated rings. The van der Waals surface area contributed by atoms with E-state index in [4.69, 9.17) is 4.42 Å². The average Bonchev–Trinajstić information content (AvgIpc) is 3.23. The van der Waals surface area contributed by atoms with Gasteiger partial charge in [-0.2, -0.15) is 4.99 Å². The standard InChI is InChI=1S/C16H15N3O2S2/c1-3-19-14(20)13(8-4-6-12-7-5-9-21-12)23-16(19)18-15-17-11(2)10-22-15/h4-10H,3H2,1-2H3/b6-4+,13-8+,18-16+. The average molecular weight is 345 g/mol. The van der Waals surface area contributed by atoms with Crippen molar-refractivity contribution in [1.29, 1.82) is 0 Å². The highest BCUT2D eigenvalue weighted by atomic mass is 32.2. The van der Waals surface area contributed by atoms with Crippen LogP contribution in [-0.4, -0.2) is 27.5 Å². The molecule has 0 aliphatic carbocycles. The zero-order valence-electron chi connectivity index (χ0n) is 12.7. The molecule has 0 unspecified atom stereocenters. The van der Waals surface area contributed by atoms with Gasteiger partial charge in [0.05, 0.1) is 16.9 Å². The number of amidine groups is 1. The quantitative estimate of drug-likeness (QED) is 0.778. The molecule has 0 N–H and O–H groups in total. The number of hydrogen-bond donors (Lipinski definition) is 0. The van der Waals surface area contributed by atoms with Gasteiger partial charge in [-0.25, -0.2) is 4.98 Å². The van der Waals surface area contributed by atoms with Crippen molar-refractivity contribution in [2.24, 2.45) is 4.99 Å². The van der Waals surface area contributed by atoms with Crippen LogP contribution in [0, 0.1) is 6.92 Å². The fraction of sp³-hybridized carbons (Fsp3) is 0.188. The van der Waals surface area contributed by atoms with E-state index in [0.29, 0.717) is 21.7 Å². The lowest BCUT2D eigenvalue weighted by Gasteiger charge is -2.11. The summed E-state index contributed by atoms with van der Waals surface area (Å²) >= 11 is 2.84. The number of aryl methyl sites for hydroxylation is 1. The summed E-state index contributed by atoms with van der Waals surface area (Å²) in [5.41, 5.74) is 0.934. The van der Waals surface area contributed by atoms with Crippen molar-refractivity contribution in [1.82, 2.24) is 9.88 Å². The molecule has 2 aromatic rings. The lowest BCUT2D eigenvalue weighted by molar-refractivity contribution is -0.122. The number of thiazole rings is 1. The molecule has 23 heavy (non-hydrogen) atoms. The summed E-state index contributed by atoms with van der Waals surface area (Å²) in [6.45, 7) is 4.44. The second-order valence-electron chi connectivity index (χ2n) is 4.72. The predicted octanol–water partition coefficient (Wildman–Crippen LogP) is 4.22. The molecule has 0 radical (unpaired) electrons. The maximum Gasteiger partial charge on any atom is 0.266 e. The van der Waals surface area contributed by atoms with Gasteiger partial charge in [0, 0.05) is 11.9 Å². The number of carbonyl (C=O) groups excluding carboxylic acids is 1. The molecule has 3 heterocycles. The van der Waals surface area contributed by atoms with Gasteiger partial charge in [-0.3, -0.25) is 9.69 Å². The highest BCUT2D eigenvalue weighted by Crippen LogP contribution is 2.33. The summed E-state index contributed by atoms with van der Waals surface area (Å²) < 4.78 is 5.22. The van der Waals surface area contributed by atoms with E-state index < -0.39 is 0 Å². The van der Waals surface area contributed by atoms with E-state index in [-0.39, 0.29) is 5.91 Å². The number of allylic oxidation sites excluding steroid dienone is 2. The summed E-state index contributed by atoms with van der Waals surface area (Å²) in [5, 5.41) is 3.29. The van der Waals surface area contributed by atoms with Crippen molar-refractivity contribution in [3.05, 3.63) is 52.3 Å². The van der Waals surface area contributed by atoms with Crippen LogP contribution in [-0.2, 0) is 4.79 Å². The Morgan fingerprint density at radius 2 is 2.35 bits per heavy atom. The molecule has 1 aliphatic rings. The van der Waals surface area contributed by atoms with Gasteiger partial charge in [-0.05, 0) is 49.9 Å². The van der Waals surface area contributed by atoms with Crippen molar-refractivity contribution in [2.45, 2.75) is 13.8 Å². The second kappa shape index (κ2) is 6.97. The van der Waals surface area contributed by atoms with Gasteiger partial charge in [0.2, 0.25) is 5.13 Å². The number of likely N-dealkylation sites (N-methyl/N-ethyl adjacent to an activating group) is 1. The Morgan fingerprint density at radius 3 is 3.00 bits per heavy atom. The lowest BCUT2D eigenvalue weighted by atomic mass is 10.3. The van der Waals surface area contributed by atoms with Crippen LogP contribution in [0.2, 0.25) is 0 Å². The number of rotatable bonds is 4. The second-order valence-corrected chi connectivity index (χ2v) is 6.57. The van der Waals surface area contributed by atoms with Crippen LogP contribution in [0.4, 0.5) is 5.13 Å². The summed E-state index contributed by atoms with van der Waals surface area (Å²) in [5.74, 6) is 0.713. The van der Waals surface area contributed by atoms with Crippen LogP contribution in [0.5, 0.6) is 0 Å². The molecule has 0 atom stereocenters. The first kappa shape index (κ1) is 15.8. The number of thioether (sulfide) groups is 1.